The molecule has 0 bridgehead atoms. The summed E-state index contributed by atoms with van der Waals surface area (Å²) in [7, 11) is 1.53. The number of ether oxygens (including phenoxy) is 1. The van der Waals surface area contributed by atoms with Crippen molar-refractivity contribution in [3.8, 4) is 0 Å². The fourth-order valence-electron chi connectivity index (χ4n) is 2.07. The molecule has 4 nitrogen and oxygen atoms in total. The number of carboxylic acid groups (broad SMARTS) is 1. The minimum Gasteiger partial charge on any atom is -0.480 e. The highest BCUT2D eigenvalue weighted by molar-refractivity contribution is 5.73. The Morgan fingerprint density at radius 2 is 2.07 bits per heavy atom. The number of hydrogen-bond donors (Lipinski definition) is 2. The van der Waals surface area contributed by atoms with Gasteiger partial charge >= 0.3 is 5.97 Å². The topological polar surface area (TPSA) is 58.6 Å². The van der Waals surface area contributed by atoms with Crippen molar-refractivity contribution >= 4 is 5.97 Å². The lowest BCUT2D eigenvalue weighted by Gasteiger charge is -2.29. The second kappa shape index (κ2) is 6.08. The highest BCUT2D eigenvalue weighted by Gasteiger charge is 2.24. The summed E-state index contributed by atoms with van der Waals surface area (Å²) < 4.78 is 4.88. The Bertz CT molecular complexity index is 200. The maximum absolute atomic E-state index is 10.9. The van der Waals surface area contributed by atoms with Crippen LogP contribution in [-0.4, -0.2) is 36.9 Å². The molecule has 4 heteroatoms. The van der Waals surface area contributed by atoms with E-state index >= 15 is 0 Å². The van der Waals surface area contributed by atoms with E-state index in [1.165, 1.54) is 20.0 Å². The van der Waals surface area contributed by atoms with Crippen LogP contribution in [-0.2, 0) is 9.53 Å². The molecule has 0 amide bonds. The van der Waals surface area contributed by atoms with E-state index in [2.05, 4.69) is 12.2 Å². The highest BCUT2D eigenvalue weighted by Crippen LogP contribution is 2.23. The fraction of sp³-hybridized carbons (Fsp3) is 0.909. The van der Waals surface area contributed by atoms with E-state index in [1.807, 2.05) is 0 Å². The van der Waals surface area contributed by atoms with Crippen molar-refractivity contribution in [3.63, 3.8) is 0 Å². The van der Waals surface area contributed by atoms with Crippen LogP contribution in [0.2, 0.25) is 0 Å². The quantitative estimate of drug-likeness (QED) is 0.724. The second-order valence-electron chi connectivity index (χ2n) is 4.47. The van der Waals surface area contributed by atoms with Gasteiger partial charge in [-0.2, -0.15) is 0 Å². The number of methoxy groups -OCH3 is 1. The molecular weight excluding hydrogens is 194 g/mol. The molecule has 0 spiro atoms. The average molecular weight is 215 g/mol. The monoisotopic (exact) mass is 215 g/mol. The van der Waals surface area contributed by atoms with Gasteiger partial charge in [0.15, 0.2) is 0 Å². The Balaban J connectivity index is 2.34. The van der Waals surface area contributed by atoms with Gasteiger partial charge in [0, 0.05) is 13.2 Å². The molecule has 1 rings (SSSR count). The van der Waals surface area contributed by atoms with Crippen molar-refractivity contribution in [1.82, 2.24) is 5.32 Å². The van der Waals surface area contributed by atoms with Gasteiger partial charge in [-0.25, -0.2) is 0 Å². The third-order valence-corrected chi connectivity index (χ3v) is 3.08. The summed E-state index contributed by atoms with van der Waals surface area (Å²) in [6.45, 7) is 2.49. The normalized spacial score (nSPS) is 28.7. The predicted molar refractivity (Wildman–Crippen MR) is 57.9 cm³/mol. The standard InChI is InChI=1S/C11H21NO3/c1-8-3-5-9(6-4-8)12-10(7-15-2)11(13)14/h8-10,12H,3-7H2,1-2H3,(H,13,14). The van der Waals surface area contributed by atoms with Crippen molar-refractivity contribution in [1.29, 1.82) is 0 Å². The van der Waals surface area contributed by atoms with E-state index in [4.69, 9.17) is 9.84 Å². The largest absolute Gasteiger partial charge is 0.480 e. The summed E-state index contributed by atoms with van der Waals surface area (Å²) in [5, 5.41) is 12.1. The van der Waals surface area contributed by atoms with Gasteiger partial charge in [0.05, 0.1) is 6.61 Å². The van der Waals surface area contributed by atoms with Gasteiger partial charge in [0.1, 0.15) is 6.04 Å². The van der Waals surface area contributed by atoms with E-state index in [-0.39, 0.29) is 6.61 Å². The number of rotatable bonds is 5. The third-order valence-electron chi connectivity index (χ3n) is 3.08. The van der Waals surface area contributed by atoms with Gasteiger partial charge in [-0.15, -0.1) is 0 Å². The maximum Gasteiger partial charge on any atom is 0.323 e. The molecule has 1 unspecified atom stereocenters. The van der Waals surface area contributed by atoms with E-state index in [0.717, 1.165) is 18.8 Å². The first-order valence-corrected chi connectivity index (χ1v) is 5.61. The van der Waals surface area contributed by atoms with Gasteiger partial charge in [0.2, 0.25) is 0 Å². The summed E-state index contributed by atoms with van der Waals surface area (Å²) in [6, 6.07) is -0.217. The lowest BCUT2D eigenvalue weighted by molar-refractivity contribution is -0.141. The summed E-state index contributed by atoms with van der Waals surface area (Å²) in [5.74, 6) is -0.0378. The number of hydrogen-bond acceptors (Lipinski definition) is 3. The van der Waals surface area contributed by atoms with Crippen LogP contribution in [0.3, 0.4) is 0 Å². The van der Waals surface area contributed by atoms with Crippen molar-refractivity contribution < 1.29 is 14.6 Å². The molecule has 1 aliphatic carbocycles. The van der Waals surface area contributed by atoms with Crippen molar-refractivity contribution in [2.45, 2.75) is 44.7 Å². The molecule has 1 aliphatic rings. The van der Waals surface area contributed by atoms with E-state index in [0.29, 0.717) is 6.04 Å². The number of nitrogens with one attached hydrogen (secondary N) is 1. The zero-order valence-corrected chi connectivity index (χ0v) is 9.53. The SMILES string of the molecule is COCC(NC1CCC(C)CC1)C(=O)O. The van der Waals surface area contributed by atoms with E-state index in [1.54, 1.807) is 0 Å². The van der Waals surface area contributed by atoms with Crippen molar-refractivity contribution in [2.75, 3.05) is 13.7 Å². The molecule has 0 radical (unpaired) electrons. The lowest BCUT2D eigenvalue weighted by atomic mass is 9.87. The number of carboxylic acids is 1. The van der Waals surface area contributed by atoms with Gasteiger partial charge < -0.3 is 9.84 Å². The molecule has 0 aromatic heterocycles. The lowest BCUT2D eigenvalue weighted by Crippen LogP contribution is -2.47. The molecule has 1 fully saturated rings. The number of carbonyl (C=O) groups is 1. The highest BCUT2D eigenvalue weighted by atomic mass is 16.5. The van der Waals surface area contributed by atoms with E-state index < -0.39 is 12.0 Å². The molecule has 0 aliphatic heterocycles. The van der Waals surface area contributed by atoms with Crippen molar-refractivity contribution in [2.24, 2.45) is 5.92 Å². The van der Waals surface area contributed by atoms with Gasteiger partial charge in [-0.3, -0.25) is 10.1 Å². The first-order chi connectivity index (χ1) is 7.13. The summed E-state index contributed by atoms with van der Waals surface area (Å²) >= 11 is 0. The van der Waals surface area contributed by atoms with Gasteiger partial charge in [0.25, 0.3) is 0 Å². The first-order valence-electron chi connectivity index (χ1n) is 5.61. The Morgan fingerprint density at radius 3 is 2.53 bits per heavy atom. The molecule has 88 valence electrons. The summed E-state index contributed by atoms with van der Waals surface area (Å²) in [5.41, 5.74) is 0. The molecule has 0 aromatic rings. The van der Waals surface area contributed by atoms with Crippen molar-refractivity contribution in [3.05, 3.63) is 0 Å². The molecular formula is C11H21NO3. The van der Waals surface area contributed by atoms with Crippen LogP contribution in [0.25, 0.3) is 0 Å². The molecule has 1 atom stereocenters. The van der Waals surface area contributed by atoms with Crippen LogP contribution in [0.1, 0.15) is 32.6 Å². The van der Waals surface area contributed by atoms with Crippen LogP contribution in [0.15, 0.2) is 0 Å². The van der Waals surface area contributed by atoms with E-state index in [9.17, 15) is 4.79 Å². The van der Waals surface area contributed by atoms with Gasteiger partial charge in [-0.05, 0) is 31.6 Å². The van der Waals surface area contributed by atoms with Gasteiger partial charge in [-0.1, -0.05) is 6.92 Å². The van der Waals surface area contributed by atoms with Crippen LogP contribution in [0, 0.1) is 5.92 Å². The minimum atomic E-state index is -0.824. The molecule has 15 heavy (non-hydrogen) atoms. The second-order valence-corrected chi connectivity index (χ2v) is 4.47. The number of aliphatic carboxylic acids is 1. The Morgan fingerprint density at radius 1 is 1.47 bits per heavy atom. The minimum absolute atomic E-state index is 0.237. The van der Waals surface area contributed by atoms with Crippen LogP contribution in [0.4, 0.5) is 0 Å². The summed E-state index contributed by atoms with van der Waals surface area (Å²) in [6.07, 6.45) is 4.54. The first kappa shape index (κ1) is 12.5. The zero-order chi connectivity index (χ0) is 11.3. The van der Waals surface area contributed by atoms with Crippen LogP contribution < -0.4 is 5.32 Å². The Kier molecular flexibility index (Phi) is 5.05. The summed E-state index contributed by atoms with van der Waals surface area (Å²) in [4.78, 5) is 10.9. The Labute approximate surface area is 91.0 Å². The van der Waals surface area contributed by atoms with Crippen LogP contribution in [0.5, 0.6) is 0 Å². The maximum atomic E-state index is 10.9. The molecule has 2 N–H and O–H groups in total. The predicted octanol–water partition coefficient (Wildman–Crippen LogP) is 1.25. The smallest absolute Gasteiger partial charge is 0.323 e. The third kappa shape index (κ3) is 4.18. The Hall–Kier alpha value is -0.610. The molecule has 1 saturated carbocycles. The fourth-order valence-corrected chi connectivity index (χ4v) is 2.07. The molecule has 0 heterocycles. The average Bonchev–Trinajstić information content (AvgIpc) is 2.20. The molecule has 0 aromatic carbocycles. The zero-order valence-electron chi connectivity index (χ0n) is 9.53. The van der Waals surface area contributed by atoms with Crippen LogP contribution >= 0.6 is 0 Å². The molecule has 0 saturated heterocycles.